The first-order chi connectivity index (χ1) is 8.93. The van der Waals surface area contributed by atoms with Crippen LogP contribution in [0.2, 0.25) is 0 Å². The second-order valence-corrected chi connectivity index (χ2v) is 4.59. The van der Waals surface area contributed by atoms with Crippen LogP contribution in [0.5, 0.6) is 0 Å². The van der Waals surface area contributed by atoms with Gasteiger partial charge in [-0.05, 0) is 23.1 Å². The minimum atomic E-state index is 0.433. The fourth-order valence-electron chi connectivity index (χ4n) is 2.39. The molecule has 2 aliphatic carbocycles. The zero-order valence-electron chi connectivity index (χ0n) is 10.3. The summed E-state index contributed by atoms with van der Waals surface area (Å²) in [6, 6.07) is 10.6. The number of hydrogen-bond acceptors (Lipinski definition) is 0. The van der Waals surface area contributed by atoms with E-state index in [1.54, 1.807) is 0 Å². The maximum atomic E-state index is 2.32. The van der Waals surface area contributed by atoms with E-state index in [1.165, 1.54) is 16.7 Å². The van der Waals surface area contributed by atoms with Gasteiger partial charge in [0.25, 0.3) is 0 Å². The van der Waals surface area contributed by atoms with Crippen molar-refractivity contribution < 1.29 is 0 Å². The summed E-state index contributed by atoms with van der Waals surface area (Å²) in [6.45, 7) is 0. The van der Waals surface area contributed by atoms with Crippen molar-refractivity contribution in [3.63, 3.8) is 0 Å². The Morgan fingerprint density at radius 3 is 2.61 bits per heavy atom. The molecule has 0 bridgehead atoms. The second kappa shape index (κ2) is 5.05. The van der Waals surface area contributed by atoms with Crippen molar-refractivity contribution in [2.45, 2.75) is 6.42 Å². The molecule has 0 aromatic heterocycles. The van der Waals surface area contributed by atoms with Gasteiger partial charge in [-0.3, -0.25) is 0 Å². The van der Waals surface area contributed by atoms with E-state index in [2.05, 4.69) is 78.9 Å². The maximum absolute atomic E-state index is 2.32. The lowest BCUT2D eigenvalue weighted by Gasteiger charge is -2.15. The monoisotopic (exact) mass is 232 g/mol. The molecule has 0 fully saturated rings. The molecule has 88 valence electrons. The highest BCUT2D eigenvalue weighted by atomic mass is 14.1. The molecule has 0 nitrogen and oxygen atoms in total. The molecule has 1 aromatic carbocycles. The lowest BCUT2D eigenvalue weighted by molar-refractivity contribution is 0.979. The fraction of sp³-hybridized carbons (Fsp3) is 0.111. The van der Waals surface area contributed by atoms with Gasteiger partial charge in [-0.1, -0.05) is 78.9 Å². The third-order valence-electron chi connectivity index (χ3n) is 3.38. The van der Waals surface area contributed by atoms with Crippen LogP contribution < -0.4 is 0 Å². The number of rotatable bonds is 1. The molecule has 3 rings (SSSR count). The predicted octanol–water partition coefficient (Wildman–Crippen LogP) is 4.70. The average molecular weight is 232 g/mol. The van der Waals surface area contributed by atoms with Gasteiger partial charge in [-0.2, -0.15) is 0 Å². The average Bonchev–Trinajstić information content (AvgIpc) is 2.41. The van der Waals surface area contributed by atoms with Gasteiger partial charge in [-0.25, -0.2) is 0 Å². The van der Waals surface area contributed by atoms with Crippen LogP contribution in [0, 0.1) is 5.92 Å². The standard InChI is InChI=1S/C18H16/c1-2-7-15(8-3-1)18-12-6-11-16-9-4-5-10-17(16)13-14-18/h1-5,7-14,17H,6H2/b14-13?,16-11-,18-12?. The van der Waals surface area contributed by atoms with E-state index in [4.69, 9.17) is 0 Å². The van der Waals surface area contributed by atoms with Gasteiger partial charge < -0.3 is 0 Å². The van der Waals surface area contributed by atoms with E-state index in [-0.39, 0.29) is 0 Å². The first kappa shape index (κ1) is 11.0. The third-order valence-corrected chi connectivity index (χ3v) is 3.38. The molecule has 0 heteroatoms. The van der Waals surface area contributed by atoms with Crippen molar-refractivity contribution in [2.75, 3.05) is 0 Å². The fourth-order valence-corrected chi connectivity index (χ4v) is 2.39. The minimum Gasteiger partial charge on any atom is -0.0766 e. The first-order valence-electron chi connectivity index (χ1n) is 6.42. The van der Waals surface area contributed by atoms with E-state index in [0.717, 1.165) is 6.42 Å². The number of allylic oxidation sites excluding steroid dienone is 10. The van der Waals surface area contributed by atoms with Gasteiger partial charge in [0.1, 0.15) is 0 Å². The van der Waals surface area contributed by atoms with E-state index >= 15 is 0 Å². The SMILES string of the molecule is C1=C/C2=C/CC=C(c3ccccc3)C=CC2C=C1. The molecule has 2 aliphatic rings. The zero-order valence-corrected chi connectivity index (χ0v) is 10.3. The largest absolute Gasteiger partial charge is 0.0766 e. The van der Waals surface area contributed by atoms with Gasteiger partial charge in [0.15, 0.2) is 0 Å². The van der Waals surface area contributed by atoms with E-state index in [0.29, 0.717) is 5.92 Å². The van der Waals surface area contributed by atoms with E-state index in [9.17, 15) is 0 Å². The van der Waals surface area contributed by atoms with Crippen molar-refractivity contribution in [2.24, 2.45) is 5.92 Å². The zero-order chi connectivity index (χ0) is 12.2. The summed E-state index contributed by atoms with van der Waals surface area (Å²) in [4.78, 5) is 0. The topological polar surface area (TPSA) is 0 Å². The van der Waals surface area contributed by atoms with Crippen LogP contribution in [0.3, 0.4) is 0 Å². The van der Waals surface area contributed by atoms with Crippen LogP contribution in [0.1, 0.15) is 12.0 Å². The Kier molecular flexibility index (Phi) is 3.10. The molecule has 1 unspecified atom stereocenters. The number of benzene rings is 1. The molecule has 0 saturated carbocycles. The Balaban J connectivity index is 1.94. The molecule has 0 saturated heterocycles. The Hall–Kier alpha value is -2.08. The summed E-state index contributed by atoms with van der Waals surface area (Å²) in [5, 5.41) is 0. The number of fused-ring (bicyclic) bond motifs is 1. The van der Waals surface area contributed by atoms with Crippen LogP contribution in [-0.2, 0) is 0 Å². The normalized spacial score (nSPS) is 24.6. The highest BCUT2D eigenvalue weighted by Crippen LogP contribution is 2.26. The minimum absolute atomic E-state index is 0.433. The molecular formula is C18H16. The van der Waals surface area contributed by atoms with Gasteiger partial charge in [0.2, 0.25) is 0 Å². The van der Waals surface area contributed by atoms with Crippen molar-refractivity contribution in [1.82, 2.24) is 0 Å². The Morgan fingerprint density at radius 1 is 0.833 bits per heavy atom. The summed E-state index contributed by atoms with van der Waals surface area (Å²) in [5.74, 6) is 0.433. The van der Waals surface area contributed by atoms with Crippen molar-refractivity contribution in [3.05, 3.63) is 90.1 Å². The van der Waals surface area contributed by atoms with Crippen LogP contribution in [0.4, 0.5) is 0 Å². The lowest BCUT2D eigenvalue weighted by Crippen LogP contribution is -1.99. The molecule has 0 spiro atoms. The molecule has 0 amide bonds. The third kappa shape index (κ3) is 2.28. The lowest BCUT2D eigenvalue weighted by atomic mass is 9.90. The summed E-state index contributed by atoms with van der Waals surface area (Å²) < 4.78 is 0. The van der Waals surface area contributed by atoms with Crippen LogP contribution in [0.25, 0.3) is 5.57 Å². The smallest absolute Gasteiger partial charge is 0.0202 e. The van der Waals surface area contributed by atoms with Gasteiger partial charge in [0, 0.05) is 5.92 Å². The summed E-state index contributed by atoms with van der Waals surface area (Å²) in [7, 11) is 0. The van der Waals surface area contributed by atoms with Crippen LogP contribution in [-0.4, -0.2) is 0 Å². The molecule has 0 aliphatic heterocycles. The number of hydrogen-bond donors (Lipinski definition) is 0. The van der Waals surface area contributed by atoms with Gasteiger partial charge in [0.05, 0.1) is 0 Å². The molecular weight excluding hydrogens is 216 g/mol. The summed E-state index contributed by atoms with van der Waals surface area (Å²) in [6.07, 6.45) is 18.8. The molecule has 0 N–H and O–H groups in total. The maximum Gasteiger partial charge on any atom is 0.0202 e. The van der Waals surface area contributed by atoms with Crippen LogP contribution >= 0.6 is 0 Å². The van der Waals surface area contributed by atoms with Gasteiger partial charge in [-0.15, -0.1) is 0 Å². The summed E-state index contributed by atoms with van der Waals surface area (Å²) in [5.41, 5.74) is 4.01. The Labute approximate surface area is 108 Å². The van der Waals surface area contributed by atoms with E-state index < -0.39 is 0 Å². The van der Waals surface area contributed by atoms with Crippen molar-refractivity contribution in [1.29, 1.82) is 0 Å². The highest BCUT2D eigenvalue weighted by Gasteiger charge is 2.09. The van der Waals surface area contributed by atoms with Gasteiger partial charge >= 0.3 is 0 Å². The van der Waals surface area contributed by atoms with Crippen LogP contribution in [0.15, 0.2) is 84.5 Å². The first-order valence-corrected chi connectivity index (χ1v) is 6.42. The Bertz CT molecular complexity index is 565. The predicted molar refractivity (Wildman–Crippen MR) is 78.0 cm³/mol. The summed E-state index contributed by atoms with van der Waals surface area (Å²) >= 11 is 0. The van der Waals surface area contributed by atoms with E-state index in [1.807, 2.05) is 0 Å². The van der Waals surface area contributed by atoms with Crippen molar-refractivity contribution >= 4 is 5.57 Å². The molecule has 18 heavy (non-hydrogen) atoms. The second-order valence-electron chi connectivity index (χ2n) is 4.59. The quantitative estimate of drug-likeness (QED) is 0.658. The molecule has 0 radical (unpaired) electrons. The highest BCUT2D eigenvalue weighted by molar-refractivity contribution is 5.74. The molecule has 1 atom stereocenters. The molecule has 0 heterocycles. The Morgan fingerprint density at radius 2 is 1.72 bits per heavy atom. The van der Waals surface area contributed by atoms with Crippen molar-refractivity contribution in [3.8, 4) is 0 Å². The molecule has 1 aromatic rings.